The molecular weight excluding hydrogens is 614 g/mol. The number of anilines is 1. The number of methoxy groups -OCH3 is 1. The molecule has 11 heteroatoms. The van der Waals surface area contributed by atoms with E-state index in [2.05, 4.69) is 10.3 Å². The van der Waals surface area contributed by atoms with Crippen LogP contribution in [0.1, 0.15) is 23.7 Å². The van der Waals surface area contributed by atoms with E-state index in [1.807, 2.05) is 18.2 Å². The van der Waals surface area contributed by atoms with Crippen molar-refractivity contribution in [3.8, 4) is 28.1 Å². The number of likely N-dealkylation sites (tertiary alicyclic amines) is 1. The molecule has 0 bridgehead atoms. The van der Waals surface area contributed by atoms with Crippen LogP contribution in [0.5, 0.6) is 5.88 Å². The molecule has 0 unspecified atom stereocenters. The smallest absolute Gasteiger partial charge is 0.247 e. The Balaban J connectivity index is 1.24. The Morgan fingerprint density at radius 2 is 1.78 bits per heavy atom. The topological polar surface area (TPSA) is 93.5 Å². The number of nitrogens with zero attached hydrogens (tertiary/aromatic N) is 3. The predicted octanol–water partition coefficient (Wildman–Crippen LogP) is 6.95. The first-order valence-electron chi connectivity index (χ1n) is 14.6. The highest BCUT2D eigenvalue weighted by Crippen LogP contribution is 2.34. The summed E-state index contributed by atoms with van der Waals surface area (Å²) in [6.07, 6.45) is 1.59. The summed E-state index contributed by atoms with van der Waals surface area (Å²) in [5, 5.41) is 3.53. The molecular formula is C35H29ClF2N4O4. The summed E-state index contributed by atoms with van der Waals surface area (Å²) in [7, 11) is 1.53. The second-order valence-electron chi connectivity index (χ2n) is 11.1. The van der Waals surface area contributed by atoms with Gasteiger partial charge in [-0.3, -0.25) is 14.4 Å². The van der Waals surface area contributed by atoms with E-state index in [-0.39, 0.29) is 36.5 Å². The molecule has 1 fully saturated rings. The molecule has 3 heterocycles. The van der Waals surface area contributed by atoms with E-state index in [4.69, 9.17) is 16.3 Å². The van der Waals surface area contributed by atoms with Crippen LogP contribution in [0, 0.1) is 5.82 Å². The highest BCUT2D eigenvalue weighted by atomic mass is 35.5. The SMILES string of the molecule is COc1ccc(-c2ccc3c(c2)c(C(C)=O)cn3CC(=O)N2C[C@H](F)C[C@H]2C(=O)Nc2cccc(-c3ccccc3Cl)c2F)cn1. The predicted molar refractivity (Wildman–Crippen MR) is 172 cm³/mol. The van der Waals surface area contributed by atoms with Gasteiger partial charge < -0.3 is 19.5 Å². The van der Waals surface area contributed by atoms with Crippen molar-refractivity contribution in [2.75, 3.05) is 19.0 Å². The van der Waals surface area contributed by atoms with Crippen molar-refractivity contribution in [2.24, 2.45) is 0 Å². The minimum atomic E-state index is -1.44. The standard InChI is InChI=1S/C35H29ClF2N4O4/c1-20(43)27-18-41(30-12-10-21(14-26(27)30)22-11-13-32(46-2)39-16-22)19-33(44)42-17-23(37)15-31(42)35(45)40-29-9-5-7-25(34(29)38)24-6-3-4-8-28(24)36/h3-14,16,18,23,31H,15,17,19H2,1-2H3,(H,40,45)/t23-,31+/m1/s1. The summed E-state index contributed by atoms with van der Waals surface area (Å²) in [4.78, 5) is 45.0. The van der Waals surface area contributed by atoms with Gasteiger partial charge >= 0.3 is 0 Å². The van der Waals surface area contributed by atoms with Crippen LogP contribution in [0.15, 0.2) is 85.2 Å². The number of benzene rings is 3. The second kappa shape index (κ2) is 12.7. The van der Waals surface area contributed by atoms with Crippen molar-refractivity contribution < 1.29 is 27.9 Å². The van der Waals surface area contributed by atoms with Crippen molar-refractivity contribution in [3.63, 3.8) is 0 Å². The third-order valence-electron chi connectivity index (χ3n) is 8.14. The molecule has 6 rings (SSSR count). The molecule has 2 aromatic heterocycles. The van der Waals surface area contributed by atoms with Crippen LogP contribution in [0.4, 0.5) is 14.5 Å². The van der Waals surface area contributed by atoms with Gasteiger partial charge in [-0.05, 0) is 42.8 Å². The quantitative estimate of drug-likeness (QED) is 0.185. The molecule has 2 amide bonds. The Labute approximate surface area is 268 Å². The van der Waals surface area contributed by atoms with Crippen molar-refractivity contribution in [2.45, 2.75) is 32.1 Å². The van der Waals surface area contributed by atoms with Gasteiger partial charge in [-0.25, -0.2) is 13.8 Å². The van der Waals surface area contributed by atoms with Gasteiger partial charge in [0.2, 0.25) is 17.7 Å². The lowest BCUT2D eigenvalue weighted by Crippen LogP contribution is -2.44. The van der Waals surface area contributed by atoms with Crippen LogP contribution in [0.2, 0.25) is 5.02 Å². The summed E-state index contributed by atoms with van der Waals surface area (Å²) < 4.78 is 37.0. The lowest BCUT2D eigenvalue weighted by atomic mass is 10.0. The molecule has 1 N–H and O–H groups in total. The average molecular weight is 643 g/mol. The van der Waals surface area contributed by atoms with Crippen LogP contribution >= 0.6 is 11.6 Å². The van der Waals surface area contributed by atoms with Gasteiger partial charge in [0.15, 0.2) is 11.6 Å². The molecule has 0 radical (unpaired) electrons. The zero-order valence-corrected chi connectivity index (χ0v) is 25.7. The molecule has 0 aliphatic carbocycles. The zero-order valence-electron chi connectivity index (χ0n) is 25.0. The van der Waals surface area contributed by atoms with E-state index in [9.17, 15) is 18.8 Å². The molecule has 1 saturated heterocycles. The maximum absolute atomic E-state index is 15.5. The molecule has 0 saturated carbocycles. The maximum Gasteiger partial charge on any atom is 0.247 e. The maximum atomic E-state index is 15.5. The Kier molecular flexibility index (Phi) is 8.55. The number of amides is 2. The van der Waals surface area contributed by atoms with E-state index in [1.165, 1.54) is 25.0 Å². The summed E-state index contributed by atoms with van der Waals surface area (Å²) in [5.74, 6) is -1.63. The van der Waals surface area contributed by atoms with Gasteiger partial charge in [-0.1, -0.05) is 48.0 Å². The lowest BCUT2D eigenvalue weighted by molar-refractivity contribution is -0.137. The van der Waals surface area contributed by atoms with Gasteiger partial charge in [-0.15, -0.1) is 0 Å². The first-order chi connectivity index (χ1) is 22.1. The minimum absolute atomic E-state index is 0.109. The zero-order chi connectivity index (χ0) is 32.5. The van der Waals surface area contributed by atoms with Crippen molar-refractivity contribution in [1.82, 2.24) is 14.5 Å². The van der Waals surface area contributed by atoms with E-state index in [0.717, 1.165) is 11.1 Å². The van der Waals surface area contributed by atoms with Crippen molar-refractivity contribution in [1.29, 1.82) is 0 Å². The number of nitrogens with one attached hydrogen (secondary N) is 1. The summed E-state index contributed by atoms with van der Waals surface area (Å²) in [6, 6.07) is 19.2. The molecule has 8 nitrogen and oxygen atoms in total. The molecule has 46 heavy (non-hydrogen) atoms. The minimum Gasteiger partial charge on any atom is -0.481 e. The normalized spacial score (nSPS) is 16.1. The molecule has 3 aromatic carbocycles. The van der Waals surface area contributed by atoms with E-state index >= 15 is 4.39 Å². The number of carbonyl (C=O) groups excluding carboxylic acids is 3. The van der Waals surface area contributed by atoms with Crippen molar-refractivity contribution in [3.05, 3.63) is 102 Å². The number of alkyl halides is 1. The second-order valence-corrected chi connectivity index (χ2v) is 11.5. The number of fused-ring (bicyclic) bond motifs is 1. The Bertz CT molecular complexity index is 1980. The Morgan fingerprint density at radius 1 is 1.02 bits per heavy atom. The summed E-state index contributed by atoms with van der Waals surface area (Å²) in [5.41, 5.74) is 3.21. The molecule has 1 aliphatic rings. The van der Waals surface area contributed by atoms with Gasteiger partial charge in [0.1, 0.15) is 18.8 Å². The molecule has 0 spiro atoms. The van der Waals surface area contributed by atoms with Crippen LogP contribution in [-0.2, 0) is 16.1 Å². The number of hydrogen-bond acceptors (Lipinski definition) is 5. The monoisotopic (exact) mass is 642 g/mol. The molecule has 2 atom stereocenters. The highest BCUT2D eigenvalue weighted by molar-refractivity contribution is 6.33. The van der Waals surface area contributed by atoms with Gasteiger partial charge in [0.25, 0.3) is 0 Å². The van der Waals surface area contributed by atoms with Gasteiger partial charge in [-0.2, -0.15) is 0 Å². The fourth-order valence-electron chi connectivity index (χ4n) is 5.84. The van der Waals surface area contributed by atoms with Gasteiger partial charge in [0.05, 0.1) is 19.3 Å². The number of aromatic nitrogens is 2. The third-order valence-corrected chi connectivity index (χ3v) is 8.47. The number of hydrogen-bond donors (Lipinski definition) is 1. The lowest BCUT2D eigenvalue weighted by Gasteiger charge is -2.24. The summed E-state index contributed by atoms with van der Waals surface area (Å²) >= 11 is 6.26. The third kappa shape index (κ3) is 5.95. The number of ether oxygens (including phenoxy) is 1. The number of Topliss-reactive ketones (excluding diaryl/α,β-unsaturated/α-hetero) is 1. The fraction of sp³-hybridized carbons (Fsp3) is 0.200. The fourth-order valence-corrected chi connectivity index (χ4v) is 6.08. The van der Waals surface area contributed by atoms with Crippen molar-refractivity contribution >= 4 is 45.8 Å². The number of carbonyl (C=O) groups is 3. The van der Waals surface area contributed by atoms with E-state index in [1.54, 1.807) is 65.5 Å². The summed E-state index contributed by atoms with van der Waals surface area (Å²) in [6.45, 7) is 0.920. The molecule has 5 aromatic rings. The van der Waals surface area contributed by atoms with Gasteiger partial charge in [0, 0.05) is 63.1 Å². The number of pyridine rings is 1. The first kappa shape index (κ1) is 30.9. The average Bonchev–Trinajstić information content (AvgIpc) is 3.63. The number of halogens is 3. The molecule has 234 valence electrons. The van der Waals surface area contributed by atoms with E-state index in [0.29, 0.717) is 32.9 Å². The highest BCUT2D eigenvalue weighted by Gasteiger charge is 2.40. The van der Waals surface area contributed by atoms with Crippen LogP contribution in [0.3, 0.4) is 0 Å². The van der Waals surface area contributed by atoms with Crippen LogP contribution in [0.25, 0.3) is 33.2 Å². The van der Waals surface area contributed by atoms with Crippen LogP contribution in [-0.4, -0.2) is 57.9 Å². The number of ketones is 1. The Hall–Kier alpha value is -5.09. The van der Waals surface area contributed by atoms with Crippen LogP contribution < -0.4 is 10.1 Å². The van der Waals surface area contributed by atoms with E-state index < -0.39 is 29.8 Å². The number of rotatable bonds is 8. The molecule has 1 aliphatic heterocycles. The largest absolute Gasteiger partial charge is 0.481 e. The first-order valence-corrected chi connectivity index (χ1v) is 14.9. The Morgan fingerprint density at radius 3 is 2.50 bits per heavy atom.